The molecule has 2 aliphatic rings. The third kappa shape index (κ3) is 3.30. The Morgan fingerprint density at radius 3 is 2.35 bits per heavy atom. The highest BCUT2D eigenvalue weighted by Gasteiger charge is 2.44. The fourth-order valence-electron chi connectivity index (χ4n) is 2.82. The number of hydrogen-bond donors (Lipinski definition) is 2. The van der Waals surface area contributed by atoms with E-state index in [0.717, 1.165) is 18.8 Å². The van der Waals surface area contributed by atoms with E-state index in [1.807, 2.05) is 12.1 Å². The first-order valence-electron chi connectivity index (χ1n) is 7.67. The second kappa shape index (κ2) is 6.55. The van der Waals surface area contributed by atoms with Crippen LogP contribution in [-0.4, -0.2) is 62.0 Å². The molecule has 0 saturated carbocycles. The summed E-state index contributed by atoms with van der Waals surface area (Å²) in [5.41, 5.74) is 0.150. The molecule has 2 heterocycles. The van der Waals surface area contributed by atoms with Crippen LogP contribution in [0.15, 0.2) is 24.3 Å². The summed E-state index contributed by atoms with van der Waals surface area (Å²) >= 11 is 0. The van der Waals surface area contributed by atoms with Crippen LogP contribution in [0.25, 0.3) is 0 Å². The number of aliphatic carboxylic acids is 1. The van der Waals surface area contributed by atoms with Crippen LogP contribution in [0.1, 0.15) is 16.8 Å². The van der Waals surface area contributed by atoms with Crippen LogP contribution in [0, 0.1) is 0 Å². The standard InChI is InChI=1S/C16H20N2O5/c19-14(17-16(15(20)21)5-8-23-11-16)12-1-3-13(4-2-12)18-6-9-22-10-7-18/h1-4H,5-11H2,(H,17,19)(H,20,21). The second-order valence-electron chi connectivity index (χ2n) is 5.79. The molecule has 2 fully saturated rings. The van der Waals surface area contributed by atoms with Crippen molar-refractivity contribution in [3.05, 3.63) is 29.8 Å². The molecule has 7 nitrogen and oxygen atoms in total. The zero-order valence-corrected chi connectivity index (χ0v) is 12.8. The molecule has 0 aliphatic carbocycles. The minimum absolute atomic E-state index is 0.0000648. The molecule has 2 saturated heterocycles. The molecule has 0 spiro atoms. The van der Waals surface area contributed by atoms with E-state index < -0.39 is 17.4 Å². The van der Waals surface area contributed by atoms with Crippen molar-refractivity contribution >= 4 is 17.6 Å². The molecule has 0 radical (unpaired) electrons. The number of amides is 1. The Morgan fingerprint density at radius 2 is 1.78 bits per heavy atom. The molecule has 1 amide bonds. The number of nitrogens with zero attached hydrogens (tertiary/aromatic N) is 1. The van der Waals surface area contributed by atoms with Gasteiger partial charge in [-0.1, -0.05) is 0 Å². The number of hydrogen-bond acceptors (Lipinski definition) is 5. The number of morpholine rings is 1. The quantitative estimate of drug-likeness (QED) is 0.840. The number of carbonyl (C=O) groups is 2. The van der Waals surface area contributed by atoms with Crippen LogP contribution in [0.2, 0.25) is 0 Å². The van der Waals surface area contributed by atoms with Gasteiger partial charge in [0, 0.05) is 37.4 Å². The number of ether oxygens (including phenoxy) is 2. The Balaban J connectivity index is 1.69. The van der Waals surface area contributed by atoms with Crippen LogP contribution in [0.4, 0.5) is 5.69 Å². The fraction of sp³-hybridized carbons (Fsp3) is 0.500. The van der Waals surface area contributed by atoms with Gasteiger partial charge in [-0.15, -0.1) is 0 Å². The van der Waals surface area contributed by atoms with Gasteiger partial charge in [0.15, 0.2) is 5.54 Å². The van der Waals surface area contributed by atoms with Crippen molar-refractivity contribution in [3.63, 3.8) is 0 Å². The van der Waals surface area contributed by atoms with Crippen molar-refractivity contribution < 1.29 is 24.2 Å². The van der Waals surface area contributed by atoms with Gasteiger partial charge in [-0.05, 0) is 24.3 Å². The van der Waals surface area contributed by atoms with E-state index in [1.165, 1.54) is 0 Å². The summed E-state index contributed by atoms with van der Waals surface area (Å²) in [5, 5.41) is 12.0. The summed E-state index contributed by atoms with van der Waals surface area (Å²) in [4.78, 5) is 26.0. The molecule has 1 atom stereocenters. The van der Waals surface area contributed by atoms with Crippen LogP contribution in [0.3, 0.4) is 0 Å². The van der Waals surface area contributed by atoms with Crippen LogP contribution in [-0.2, 0) is 14.3 Å². The van der Waals surface area contributed by atoms with E-state index in [9.17, 15) is 14.7 Å². The van der Waals surface area contributed by atoms with E-state index >= 15 is 0 Å². The average molecular weight is 320 g/mol. The van der Waals surface area contributed by atoms with E-state index in [0.29, 0.717) is 25.4 Å². The van der Waals surface area contributed by atoms with Crippen molar-refractivity contribution in [1.29, 1.82) is 0 Å². The molecule has 0 bridgehead atoms. The van der Waals surface area contributed by atoms with Crippen molar-refractivity contribution in [2.45, 2.75) is 12.0 Å². The van der Waals surface area contributed by atoms with Crippen molar-refractivity contribution in [2.75, 3.05) is 44.4 Å². The molecule has 0 aromatic heterocycles. The molecule has 124 valence electrons. The zero-order valence-electron chi connectivity index (χ0n) is 12.8. The minimum Gasteiger partial charge on any atom is -0.479 e. The highest BCUT2D eigenvalue weighted by Crippen LogP contribution is 2.21. The Morgan fingerprint density at radius 1 is 1.09 bits per heavy atom. The Hall–Kier alpha value is -2.12. The summed E-state index contributed by atoms with van der Waals surface area (Å²) in [7, 11) is 0. The Labute approximate surface area is 134 Å². The van der Waals surface area contributed by atoms with E-state index in [4.69, 9.17) is 9.47 Å². The van der Waals surface area contributed by atoms with Gasteiger partial charge in [0.1, 0.15) is 0 Å². The molecular formula is C16H20N2O5. The van der Waals surface area contributed by atoms with Gasteiger partial charge < -0.3 is 24.8 Å². The van der Waals surface area contributed by atoms with E-state index in [-0.39, 0.29) is 13.0 Å². The zero-order chi connectivity index (χ0) is 16.3. The first kappa shape index (κ1) is 15.8. The summed E-state index contributed by atoms with van der Waals surface area (Å²) in [6.45, 7) is 3.38. The van der Waals surface area contributed by atoms with Crippen molar-refractivity contribution in [3.8, 4) is 0 Å². The van der Waals surface area contributed by atoms with E-state index in [2.05, 4.69) is 10.2 Å². The smallest absolute Gasteiger partial charge is 0.331 e. The monoisotopic (exact) mass is 320 g/mol. The second-order valence-corrected chi connectivity index (χ2v) is 5.79. The largest absolute Gasteiger partial charge is 0.479 e. The average Bonchev–Trinajstić information content (AvgIpc) is 3.06. The maximum Gasteiger partial charge on any atom is 0.331 e. The predicted molar refractivity (Wildman–Crippen MR) is 82.7 cm³/mol. The highest BCUT2D eigenvalue weighted by atomic mass is 16.5. The number of nitrogens with one attached hydrogen (secondary N) is 1. The van der Waals surface area contributed by atoms with Gasteiger partial charge in [-0.3, -0.25) is 4.79 Å². The normalized spacial score (nSPS) is 24.4. The first-order chi connectivity index (χ1) is 11.1. The summed E-state index contributed by atoms with van der Waals surface area (Å²) in [6, 6.07) is 7.18. The lowest BCUT2D eigenvalue weighted by Crippen LogP contribution is -2.55. The molecule has 1 unspecified atom stereocenters. The number of anilines is 1. The third-order valence-corrected chi connectivity index (χ3v) is 4.29. The summed E-state index contributed by atoms with van der Waals surface area (Å²) < 4.78 is 10.5. The maximum atomic E-state index is 12.3. The highest BCUT2D eigenvalue weighted by molar-refractivity contribution is 5.98. The van der Waals surface area contributed by atoms with Gasteiger partial charge in [0.05, 0.1) is 19.8 Å². The molecule has 23 heavy (non-hydrogen) atoms. The third-order valence-electron chi connectivity index (χ3n) is 4.29. The Kier molecular flexibility index (Phi) is 4.49. The van der Waals surface area contributed by atoms with Crippen LogP contribution in [0.5, 0.6) is 0 Å². The summed E-state index contributed by atoms with van der Waals surface area (Å²) in [6.07, 6.45) is 0.278. The van der Waals surface area contributed by atoms with Gasteiger partial charge in [-0.25, -0.2) is 4.79 Å². The lowest BCUT2D eigenvalue weighted by atomic mass is 9.98. The van der Waals surface area contributed by atoms with Crippen LogP contribution >= 0.6 is 0 Å². The van der Waals surface area contributed by atoms with Gasteiger partial charge in [0.25, 0.3) is 5.91 Å². The molecular weight excluding hydrogens is 300 g/mol. The van der Waals surface area contributed by atoms with Gasteiger partial charge in [-0.2, -0.15) is 0 Å². The first-order valence-corrected chi connectivity index (χ1v) is 7.67. The van der Waals surface area contributed by atoms with Crippen molar-refractivity contribution in [1.82, 2.24) is 5.32 Å². The SMILES string of the molecule is O=C(NC1(C(=O)O)CCOC1)c1ccc(N2CCOCC2)cc1. The Bertz CT molecular complexity index is 575. The number of carbonyl (C=O) groups excluding carboxylic acids is 1. The van der Waals surface area contributed by atoms with Gasteiger partial charge >= 0.3 is 5.97 Å². The maximum absolute atomic E-state index is 12.3. The lowest BCUT2D eigenvalue weighted by Gasteiger charge is -2.29. The topological polar surface area (TPSA) is 88.1 Å². The number of carboxylic acid groups (broad SMARTS) is 1. The molecule has 3 rings (SSSR count). The summed E-state index contributed by atoms with van der Waals surface area (Å²) in [5.74, 6) is -1.46. The van der Waals surface area contributed by atoms with Crippen LogP contribution < -0.4 is 10.2 Å². The molecule has 2 aliphatic heterocycles. The number of rotatable bonds is 4. The van der Waals surface area contributed by atoms with E-state index in [1.54, 1.807) is 12.1 Å². The minimum atomic E-state index is -1.32. The molecule has 2 N–H and O–H groups in total. The predicted octanol–water partition coefficient (Wildman–Crippen LogP) is 0.497. The number of carboxylic acids is 1. The molecule has 7 heteroatoms. The number of benzene rings is 1. The van der Waals surface area contributed by atoms with Crippen molar-refractivity contribution in [2.24, 2.45) is 0 Å². The lowest BCUT2D eigenvalue weighted by molar-refractivity contribution is -0.144. The molecule has 1 aromatic carbocycles. The fourth-order valence-corrected chi connectivity index (χ4v) is 2.82. The molecule has 1 aromatic rings. The van der Waals surface area contributed by atoms with Gasteiger partial charge in [0.2, 0.25) is 0 Å².